The first-order valence-corrected chi connectivity index (χ1v) is 7.22. The van der Waals surface area contributed by atoms with Crippen LogP contribution in [0.4, 0.5) is 0 Å². The molecule has 19 heavy (non-hydrogen) atoms. The van der Waals surface area contributed by atoms with Gasteiger partial charge in [-0.3, -0.25) is 9.59 Å². The Balaban J connectivity index is 2.47. The highest BCUT2D eigenvalue weighted by molar-refractivity contribution is 5.97. The molecule has 1 rings (SSSR count). The zero-order valence-electron chi connectivity index (χ0n) is 12.5. The lowest BCUT2D eigenvalue weighted by Crippen LogP contribution is -2.44. The van der Waals surface area contributed by atoms with Gasteiger partial charge in [0.25, 0.3) is 0 Å². The van der Waals surface area contributed by atoms with E-state index in [9.17, 15) is 14.7 Å². The number of carboxylic acids is 1. The number of hydrogen-bond donors (Lipinski definition) is 2. The fraction of sp³-hybridized carbons (Fsp3) is 0.867. The predicted molar refractivity (Wildman–Crippen MR) is 74.7 cm³/mol. The smallest absolute Gasteiger partial charge is 0.316 e. The molecule has 1 aliphatic carbocycles. The number of nitrogens with one attached hydrogen (secondary N) is 1. The van der Waals surface area contributed by atoms with E-state index in [-0.39, 0.29) is 5.91 Å². The number of rotatable bonds is 4. The number of carboxylic acid groups (broad SMARTS) is 1. The van der Waals surface area contributed by atoms with E-state index in [0.717, 1.165) is 18.8 Å². The van der Waals surface area contributed by atoms with Crippen LogP contribution < -0.4 is 5.32 Å². The van der Waals surface area contributed by atoms with Crippen molar-refractivity contribution in [2.24, 2.45) is 23.2 Å². The second-order valence-electron chi connectivity index (χ2n) is 7.01. The third-order valence-electron chi connectivity index (χ3n) is 4.08. The summed E-state index contributed by atoms with van der Waals surface area (Å²) >= 11 is 0. The summed E-state index contributed by atoms with van der Waals surface area (Å²) in [7, 11) is 0. The lowest BCUT2D eigenvalue weighted by molar-refractivity contribution is -0.151. The molecule has 1 fully saturated rings. The van der Waals surface area contributed by atoms with Crippen LogP contribution in [0.5, 0.6) is 0 Å². The van der Waals surface area contributed by atoms with Gasteiger partial charge in [0, 0.05) is 6.54 Å². The van der Waals surface area contributed by atoms with Crippen LogP contribution in [0.1, 0.15) is 53.4 Å². The summed E-state index contributed by atoms with van der Waals surface area (Å²) < 4.78 is 0. The van der Waals surface area contributed by atoms with Crippen molar-refractivity contribution in [1.82, 2.24) is 5.32 Å². The van der Waals surface area contributed by atoms with Gasteiger partial charge in [-0.1, -0.05) is 40.5 Å². The molecule has 0 radical (unpaired) electrons. The van der Waals surface area contributed by atoms with Crippen LogP contribution >= 0.6 is 0 Å². The first kappa shape index (κ1) is 16.0. The van der Waals surface area contributed by atoms with Crippen LogP contribution in [-0.4, -0.2) is 23.5 Å². The fourth-order valence-electron chi connectivity index (χ4n) is 2.76. The Morgan fingerprint density at radius 2 is 1.74 bits per heavy atom. The van der Waals surface area contributed by atoms with E-state index in [0.29, 0.717) is 12.5 Å². The van der Waals surface area contributed by atoms with Crippen molar-refractivity contribution in [3.8, 4) is 0 Å². The molecule has 0 bridgehead atoms. The van der Waals surface area contributed by atoms with Gasteiger partial charge < -0.3 is 10.4 Å². The van der Waals surface area contributed by atoms with Crippen molar-refractivity contribution in [3.63, 3.8) is 0 Å². The van der Waals surface area contributed by atoms with Crippen molar-refractivity contribution in [2.45, 2.75) is 53.4 Å². The Morgan fingerprint density at radius 1 is 1.21 bits per heavy atom. The van der Waals surface area contributed by atoms with Gasteiger partial charge in [-0.05, 0) is 30.1 Å². The lowest BCUT2D eigenvalue weighted by Gasteiger charge is -2.29. The quantitative estimate of drug-likeness (QED) is 0.771. The molecule has 4 heteroatoms. The Kier molecular flexibility index (Phi) is 5.39. The largest absolute Gasteiger partial charge is 0.481 e. The van der Waals surface area contributed by atoms with Gasteiger partial charge in [0.1, 0.15) is 5.92 Å². The zero-order valence-corrected chi connectivity index (χ0v) is 12.5. The minimum atomic E-state index is -1.04. The molecule has 0 aromatic heterocycles. The van der Waals surface area contributed by atoms with Crippen molar-refractivity contribution in [3.05, 3.63) is 0 Å². The van der Waals surface area contributed by atoms with Crippen molar-refractivity contribution >= 4 is 11.9 Å². The summed E-state index contributed by atoms with van der Waals surface area (Å²) in [5.41, 5.74) is -0.559. The lowest BCUT2D eigenvalue weighted by atomic mass is 9.79. The monoisotopic (exact) mass is 269 g/mol. The van der Waals surface area contributed by atoms with Gasteiger partial charge in [0.05, 0.1) is 0 Å². The molecule has 0 spiro atoms. The van der Waals surface area contributed by atoms with E-state index in [1.54, 1.807) is 20.8 Å². The summed E-state index contributed by atoms with van der Waals surface area (Å²) in [5.74, 6) is -1.07. The van der Waals surface area contributed by atoms with Crippen molar-refractivity contribution in [1.29, 1.82) is 0 Å². The molecule has 1 amide bonds. The zero-order chi connectivity index (χ0) is 14.6. The number of amides is 1. The molecule has 1 unspecified atom stereocenters. The second kappa shape index (κ2) is 6.40. The van der Waals surface area contributed by atoms with Gasteiger partial charge >= 0.3 is 5.97 Å². The summed E-state index contributed by atoms with van der Waals surface area (Å²) in [6, 6.07) is 0. The molecule has 0 aliphatic heterocycles. The molecule has 110 valence electrons. The van der Waals surface area contributed by atoms with Gasteiger partial charge in [-0.2, -0.15) is 0 Å². The van der Waals surface area contributed by atoms with Crippen molar-refractivity contribution in [2.75, 3.05) is 6.54 Å². The van der Waals surface area contributed by atoms with Crippen LogP contribution in [0.15, 0.2) is 0 Å². The molecule has 0 aromatic carbocycles. The molecule has 1 atom stereocenters. The molecule has 1 saturated carbocycles. The minimum absolute atomic E-state index is 0.348. The van der Waals surface area contributed by atoms with E-state index in [2.05, 4.69) is 12.2 Å². The maximum Gasteiger partial charge on any atom is 0.316 e. The minimum Gasteiger partial charge on any atom is -0.481 e. The number of aliphatic carboxylic acids is 1. The third kappa shape index (κ3) is 4.84. The Morgan fingerprint density at radius 3 is 2.16 bits per heavy atom. The van der Waals surface area contributed by atoms with Crippen LogP contribution in [0, 0.1) is 23.2 Å². The average molecular weight is 269 g/mol. The molecular weight excluding hydrogens is 242 g/mol. The number of carbonyl (C=O) groups is 2. The molecule has 0 heterocycles. The molecule has 1 aliphatic rings. The molecule has 4 nitrogen and oxygen atoms in total. The highest BCUT2D eigenvalue weighted by atomic mass is 16.4. The Bertz CT molecular complexity index is 325. The van der Waals surface area contributed by atoms with E-state index in [1.807, 2.05) is 0 Å². The van der Waals surface area contributed by atoms with E-state index < -0.39 is 17.3 Å². The van der Waals surface area contributed by atoms with Gasteiger partial charge in [0.2, 0.25) is 5.91 Å². The highest BCUT2D eigenvalue weighted by Gasteiger charge is 2.37. The molecule has 0 aromatic rings. The van der Waals surface area contributed by atoms with E-state index in [1.165, 1.54) is 12.8 Å². The molecular formula is C15H27NO3. The molecule has 0 saturated heterocycles. The van der Waals surface area contributed by atoms with E-state index in [4.69, 9.17) is 0 Å². The number of hydrogen-bond acceptors (Lipinski definition) is 2. The second-order valence-corrected chi connectivity index (χ2v) is 7.01. The van der Waals surface area contributed by atoms with E-state index >= 15 is 0 Å². The fourth-order valence-corrected chi connectivity index (χ4v) is 2.76. The highest BCUT2D eigenvalue weighted by Crippen LogP contribution is 2.29. The first-order valence-electron chi connectivity index (χ1n) is 7.22. The Hall–Kier alpha value is -1.06. The maximum atomic E-state index is 12.0. The first-order chi connectivity index (χ1) is 8.71. The normalized spacial score (nSPS) is 25.7. The number of carbonyl (C=O) groups excluding carboxylic acids is 1. The standard InChI is InChI=1S/C15H27NO3/c1-10-5-7-11(8-6-10)9-16-13(17)12(14(18)19)15(2,3)4/h10-12H,5-9H2,1-4H3,(H,16,17)(H,18,19). The predicted octanol–water partition coefficient (Wildman–Crippen LogP) is 2.68. The summed E-state index contributed by atoms with van der Waals surface area (Å²) in [6.45, 7) is 8.23. The van der Waals surface area contributed by atoms with Crippen LogP contribution in [0.25, 0.3) is 0 Å². The summed E-state index contributed by atoms with van der Waals surface area (Å²) in [6.07, 6.45) is 4.69. The third-order valence-corrected chi connectivity index (χ3v) is 4.08. The summed E-state index contributed by atoms with van der Waals surface area (Å²) in [5, 5.41) is 12.0. The SMILES string of the molecule is CC1CCC(CNC(=O)C(C(=O)O)C(C)(C)C)CC1. The van der Waals surface area contributed by atoms with Crippen molar-refractivity contribution < 1.29 is 14.7 Å². The van der Waals surface area contributed by atoms with Gasteiger partial charge in [-0.25, -0.2) is 0 Å². The maximum absolute atomic E-state index is 12.0. The van der Waals surface area contributed by atoms with Crippen LogP contribution in [0.3, 0.4) is 0 Å². The van der Waals surface area contributed by atoms with Crippen LogP contribution in [0.2, 0.25) is 0 Å². The topological polar surface area (TPSA) is 66.4 Å². The van der Waals surface area contributed by atoms with Gasteiger partial charge in [0.15, 0.2) is 0 Å². The Labute approximate surface area is 116 Å². The van der Waals surface area contributed by atoms with Gasteiger partial charge in [-0.15, -0.1) is 0 Å². The summed E-state index contributed by atoms with van der Waals surface area (Å²) in [4.78, 5) is 23.3. The average Bonchev–Trinajstić information content (AvgIpc) is 2.25. The van der Waals surface area contributed by atoms with Crippen LogP contribution in [-0.2, 0) is 9.59 Å². The molecule has 2 N–H and O–H groups in total.